The number of carbonyl (C=O) groups is 1. The van der Waals surface area contributed by atoms with Crippen LogP contribution in [-0.2, 0) is 12.8 Å². The molecule has 0 saturated heterocycles. The van der Waals surface area contributed by atoms with Crippen LogP contribution in [0.5, 0.6) is 0 Å². The van der Waals surface area contributed by atoms with Crippen molar-refractivity contribution in [1.29, 1.82) is 0 Å². The number of pyridine rings is 1. The van der Waals surface area contributed by atoms with Crippen LogP contribution in [-0.4, -0.2) is 11.3 Å². The van der Waals surface area contributed by atoms with Crippen molar-refractivity contribution in [2.45, 2.75) is 26.2 Å². The molecule has 1 aromatic carbocycles. The molecule has 16 heavy (non-hydrogen) atoms. The summed E-state index contributed by atoms with van der Waals surface area (Å²) >= 11 is 0. The fraction of sp³-hybridized carbons (Fsp3) is 0.286. The Labute approximate surface area is 94.3 Å². The van der Waals surface area contributed by atoms with Crippen LogP contribution in [0.4, 0.5) is 0 Å². The van der Waals surface area contributed by atoms with Gasteiger partial charge in [0, 0.05) is 16.6 Å². The molecule has 0 aliphatic heterocycles. The summed E-state index contributed by atoms with van der Waals surface area (Å²) in [6.07, 6.45) is 4.13. The third-order valence-corrected chi connectivity index (χ3v) is 3.41. The standard InChI is InChI=1S/C14H13NO/c1-9-4-2-6-11-12(8-16)10-5-3-7-13(10)15-14(9)11/h2,4,6,8H,3,5,7H2,1H3. The molecule has 0 radical (unpaired) electrons. The van der Waals surface area contributed by atoms with E-state index in [2.05, 4.69) is 0 Å². The summed E-state index contributed by atoms with van der Waals surface area (Å²) < 4.78 is 0. The van der Waals surface area contributed by atoms with E-state index < -0.39 is 0 Å². The minimum absolute atomic E-state index is 0.862. The Balaban J connectivity index is 2.48. The fourth-order valence-corrected chi connectivity index (χ4v) is 2.60. The van der Waals surface area contributed by atoms with Crippen molar-refractivity contribution >= 4 is 17.2 Å². The van der Waals surface area contributed by atoms with Crippen LogP contribution in [0.15, 0.2) is 18.2 Å². The summed E-state index contributed by atoms with van der Waals surface area (Å²) in [7, 11) is 0. The smallest absolute Gasteiger partial charge is 0.151 e. The van der Waals surface area contributed by atoms with E-state index in [0.717, 1.165) is 53.3 Å². The number of fused-ring (bicyclic) bond motifs is 2. The van der Waals surface area contributed by atoms with Crippen LogP contribution in [0, 0.1) is 6.92 Å². The Morgan fingerprint density at radius 3 is 3.00 bits per heavy atom. The molecule has 2 aromatic rings. The van der Waals surface area contributed by atoms with Crippen molar-refractivity contribution in [3.05, 3.63) is 40.6 Å². The molecule has 0 amide bonds. The van der Waals surface area contributed by atoms with E-state index >= 15 is 0 Å². The average Bonchev–Trinajstić information content (AvgIpc) is 2.75. The minimum Gasteiger partial charge on any atom is -0.298 e. The van der Waals surface area contributed by atoms with Crippen molar-refractivity contribution in [3.63, 3.8) is 0 Å². The fourth-order valence-electron chi connectivity index (χ4n) is 2.60. The van der Waals surface area contributed by atoms with Gasteiger partial charge in [0.15, 0.2) is 6.29 Å². The predicted octanol–water partition coefficient (Wildman–Crippen LogP) is 2.84. The number of hydrogen-bond acceptors (Lipinski definition) is 2. The number of nitrogens with zero attached hydrogens (tertiary/aromatic N) is 1. The Kier molecular flexibility index (Phi) is 2.03. The second kappa shape index (κ2) is 3.41. The molecule has 3 rings (SSSR count). The second-order valence-corrected chi connectivity index (χ2v) is 4.39. The molecular formula is C14H13NO. The van der Waals surface area contributed by atoms with E-state index in [0.29, 0.717) is 0 Å². The quantitative estimate of drug-likeness (QED) is 0.679. The van der Waals surface area contributed by atoms with Crippen LogP contribution < -0.4 is 0 Å². The van der Waals surface area contributed by atoms with Crippen LogP contribution in [0.25, 0.3) is 10.9 Å². The maximum absolute atomic E-state index is 11.3. The molecule has 2 heteroatoms. The Bertz CT molecular complexity index is 587. The van der Waals surface area contributed by atoms with Crippen molar-refractivity contribution < 1.29 is 4.79 Å². The van der Waals surface area contributed by atoms with Crippen molar-refractivity contribution in [2.75, 3.05) is 0 Å². The van der Waals surface area contributed by atoms with Gasteiger partial charge in [0.05, 0.1) is 5.52 Å². The highest BCUT2D eigenvalue weighted by Crippen LogP contribution is 2.29. The first kappa shape index (κ1) is 9.52. The van der Waals surface area contributed by atoms with Gasteiger partial charge in [-0.3, -0.25) is 9.78 Å². The molecule has 0 unspecified atom stereocenters. The molecule has 1 aromatic heterocycles. The van der Waals surface area contributed by atoms with Gasteiger partial charge in [0.25, 0.3) is 0 Å². The highest BCUT2D eigenvalue weighted by Gasteiger charge is 2.19. The molecule has 0 saturated carbocycles. The molecular weight excluding hydrogens is 198 g/mol. The number of aldehydes is 1. The van der Waals surface area contributed by atoms with Gasteiger partial charge in [0.1, 0.15) is 0 Å². The zero-order chi connectivity index (χ0) is 11.1. The van der Waals surface area contributed by atoms with Gasteiger partial charge < -0.3 is 0 Å². The summed E-state index contributed by atoms with van der Waals surface area (Å²) in [4.78, 5) is 16.0. The zero-order valence-electron chi connectivity index (χ0n) is 9.29. The highest BCUT2D eigenvalue weighted by atomic mass is 16.1. The van der Waals surface area contributed by atoms with Gasteiger partial charge in [-0.1, -0.05) is 18.2 Å². The lowest BCUT2D eigenvalue weighted by molar-refractivity contribution is 0.112. The Hall–Kier alpha value is -1.70. The summed E-state index contributed by atoms with van der Waals surface area (Å²) in [6.45, 7) is 2.05. The highest BCUT2D eigenvalue weighted by molar-refractivity contribution is 5.99. The van der Waals surface area contributed by atoms with E-state index in [1.165, 1.54) is 5.56 Å². The maximum atomic E-state index is 11.3. The van der Waals surface area contributed by atoms with E-state index in [1.54, 1.807) is 0 Å². The van der Waals surface area contributed by atoms with Crippen LogP contribution in [0.1, 0.15) is 33.6 Å². The molecule has 1 aliphatic carbocycles. The summed E-state index contributed by atoms with van der Waals surface area (Å²) in [5.74, 6) is 0. The van der Waals surface area contributed by atoms with Crippen LogP contribution in [0.3, 0.4) is 0 Å². The number of aromatic nitrogens is 1. The van der Waals surface area contributed by atoms with Crippen molar-refractivity contribution in [3.8, 4) is 0 Å². The molecule has 0 bridgehead atoms. The van der Waals surface area contributed by atoms with E-state index in [-0.39, 0.29) is 0 Å². The first-order chi connectivity index (χ1) is 7.81. The summed E-state index contributed by atoms with van der Waals surface area (Å²) in [6, 6.07) is 6.04. The zero-order valence-corrected chi connectivity index (χ0v) is 9.29. The average molecular weight is 211 g/mol. The first-order valence-corrected chi connectivity index (χ1v) is 5.67. The lowest BCUT2D eigenvalue weighted by atomic mass is 10.0. The molecule has 0 fully saturated rings. The maximum Gasteiger partial charge on any atom is 0.151 e. The molecule has 0 spiro atoms. The molecule has 1 heterocycles. The number of benzene rings is 1. The van der Waals surface area contributed by atoms with Crippen molar-refractivity contribution in [1.82, 2.24) is 4.98 Å². The number of rotatable bonds is 1. The second-order valence-electron chi connectivity index (χ2n) is 4.39. The van der Waals surface area contributed by atoms with Gasteiger partial charge in [-0.05, 0) is 37.3 Å². The normalized spacial score (nSPS) is 14.1. The minimum atomic E-state index is 0.862. The third-order valence-electron chi connectivity index (χ3n) is 3.41. The van der Waals surface area contributed by atoms with E-state index in [4.69, 9.17) is 4.98 Å². The molecule has 80 valence electrons. The largest absolute Gasteiger partial charge is 0.298 e. The topological polar surface area (TPSA) is 30.0 Å². The lowest BCUT2D eigenvalue weighted by Crippen LogP contribution is -1.98. The monoisotopic (exact) mass is 211 g/mol. The molecule has 0 atom stereocenters. The summed E-state index contributed by atoms with van der Waals surface area (Å²) in [5.41, 5.74) is 5.30. The van der Waals surface area contributed by atoms with Crippen LogP contribution in [0.2, 0.25) is 0 Å². The van der Waals surface area contributed by atoms with Crippen LogP contribution >= 0.6 is 0 Å². The molecule has 0 N–H and O–H groups in total. The van der Waals surface area contributed by atoms with E-state index in [1.807, 2.05) is 25.1 Å². The third kappa shape index (κ3) is 1.19. The first-order valence-electron chi connectivity index (χ1n) is 5.67. The van der Waals surface area contributed by atoms with Gasteiger partial charge in [-0.25, -0.2) is 0 Å². The van der Waals surface area contributed by atoms with Gasteiger partial charge in [0.2, 0.25) is 0 Å². The Morgan fingerprint density at radius 2 is 2.19 bits per heavy atom. The van der Waals surface area contributed by atoms with Gasteiger partial charge >= 0.3 is 0 Å². The molecule has 2 nitrogen and oxygen atoms in total. The summed E-state index contributed by atoms with van der Waals surface area (Å²) in [5, 5.41) is 1.01. The number of carbonyl (C=O) groups excluding carboxylic acids is 1. The molecule has 1 aliphatic rings. The Morgan fingerprint density at radius 1 is 1.31 bits per heavy atom. The van der Waals surface area contributed by atoms with Crippen molar-refractivity contribution in [2.24, 2.45) is 0 Å². The SMILES string of the molecule is Cc1cccc2c(C=O)c3c(nc12)CCC3. The number of aryl methyl sites for hydroxylation is 2. The van der Waals surface area contributed by atoms with Gasteiger partial charge in [-0.2, -0.15) is 0 Å². The number of para-hydroxylation sites is 1. The van der Waals surface area contributed by atoms with E-state index in [9.17, 15) is 4.79 Å². The lowest BCUT2D eigenvalue weighted by Gasteiger charge is -2.08. The predicted molar refractivity (Wildman–Crippen MR) is 63.9 cm³/mol. The van der Waals surface area contributed by atoms with Gasteiger partial charge in [-0.15, -0.1) is 0 Å². The number of hydrogen-bond donors (Lipinski definition) is 0.